The summed E-state index contributed by atoms with van der Waals surface area (Å²) in [5.41, 5.74) is 9.26. The standard InChI is InChI=1S/C15H16ClNO2S/c1-4-19-15(18)14-12(17)9(3)13(20-14)10-7-5-6-8(2)11(10)16/h5-7H,4,17H2,1-3H3. The van der Waals surface area contributed by atoms with Crippen LogP contribution in [0.1, 0.15) is 27.7 Å². The summed E-state index contributed by atoms with van der Waals surface area (Å²) < 4.78 is 5.03. The van der Waals surface area contributed by atoms with Crippen LogP contribution in [0, 0.1) is 13.8 Å². The minimum Gasteiger partial charge on any atom is -0.462 e. The molecule has 106 valence electrons. The maximum Gasteiger partial charge on any atom is 0.350 e. The monoisotopic (exact) mass is 309 g/mol. The Morgan fingerprint density at radius 3 is 2.75 bits per heavy atom. The summed E-state index contributed by atoms with van der Waals surface area (Å²) in [6, 6.07) is 5.82. The van der Waals surface area contributed by atoms with E-state index in [1.165, 1.54) is 11.3 Å². The lowest BCUT2D eigenvalue weighted by molar-refractivity contribution is 0.0533. The molecule has 0 bridgehead atoms. The van der Waals surface area contributed by atoms with Gasteiger partial charge in [-0.2, -0.15) is 0 Å². The molecule has 0 aliphatic heterocycles. The molecule has 1 heterocycles. The number of esters is 1. The Hall–Kier alpha value is -1.52. The average molecular weight is 310 g/mol. The first kappa shape index (κ1) is 14.9. The zero-order chi connectivity index (χ0) is 14.9. The Labute approximate surface area is 127 Å². The highest BCUT2D eigenvalue weighted by Crippen LogP contribution is 2.41. The number of nitrogens with two attached hydrogens (primary N) is 1. The highest BCUT2D eigenvalue weighted by Gasteiger charge is 2.21. The molecule has 1 aromatic carbocycles. The van der Waals surface area contributed by atoms with Gasteiger partial charge in [-0.3, -0.25) is 0 Å². The number of carbonyl (C=O) groups is 1. The van der Waals surface area contributed by atoms with Crippen LogP contribution in [-0.2, 0) is 4.74 Å². The van der Waals surface area contributed by atoms with Crippen LogP contribution in [0.5, 0.6) is 0 Å². The van der Waals surface area contributed by atoms with Crippen LogP contribution in [0.25, 0.3) is 10.4 Å². The quantitative estimate of drug-likeness (QED) is 0.852. The van der Waals surface area contributed by atoms with Crippen molar-refractivity contribution in [2.24, 2.45) is 0 Å². The topological polar surface area (TPSA) is 52.3 Å². The molecule has 5 heteroatoms. The smallest absolute Gasteiger partial charge is 0.350 e. The number of benzene rings is 1. The van der Waals surface area contributed by atoms with Gasteiger partial charge in [-0.05, 0) is 31.9 Å². The number of nitrogen functional groups attached to an aromatic ring is 1. The summed E-state index contributed by atoms with van der Waals surface area (Å²) in [6.07, 6.45) is 0. The molecule has 2 rings (SSSR count). The van der Waals surface area contributed by atoms with Gasteiger partial charge in [-0.15, -0.1) is 11.3 Å². The van der Waals surface area contributed by atoms with Gasteiger partial charge in [-0.25, -0.2) is 4.79 Å². The normalized spacial score (nSPS) is 10.6. The molecule has 2 aromatic rings. The van der Waals surface area contributed by atoms with Crippen molar-refractivity contribution in [1.82, 2.24) is 0 Å². The Kier molecular flexibility index (Phi) is 4.35. The summed E-state index contributed by atoms with van der Waals surface area (Å²) in [4.78, 5) is 13.2. The minimum absolute atomic E-state index is 0.329. The maximum atomic E-state index is 11.9. The lowest BCUT2D eigenvalue weighted by Gasteiger charge is -2.05. The number of rotatable bonds is 3. The number of anilines is 1. The van der Waals surface area contributed by atoms with Gasteiger partial charge in [0.2, 0.25) is 0 Å². The third-order valence-electron chi connectivity index (χ3n) is 3.09. The van der Waals surface area contributed by atoms with Gasteiger partial charge in [0.1, 0.15) is 4.88 Å². The number of thiophene rings is 1. The number of aryl methyl sites for hydroxylation is 1. The Balaban J connectivity index is 2.56. The summed E-state index contributed by atoms with van der Waals surface area (Å²) >= 11 is 7.68. The van der Waals surface area contributed by atoms with Crippen molar-refractivity contribution in [2.45, 2.75) is 20.8 Å². The van der Waals surface area contributed by atoms with Crippen molar-refractivity contribution in [3.63, 3.8) is 0 Å². The van der Waals surface area contributed by atoms with E-state index in [1.807, 2.05) is 32.0 Å². The molecule has 0 fully saturated rings. The molecule has 0 saturated carbocycles. The Morgan fingerprint density at radius 1 is 1.40 bits per heavy atom. The average Bonchev–Trinajstić information content (AvgIpc) is 2.70. The van der Waals surface area contributed by atoms with Gasteiger partial charge in [0.25, 0.3) is 0 Å². The molecule has 0 unspecified atom stereocenters. The number of ether oxygens (including phenoxy) is 1. The number of hydrogen-bond donors (Lipinski definition) is 1. The number of hydrogen-bond acceptors (Lipinski definition) is 4. The third-order valence-corrected chi connectivity index (χ3v) is 4.91. The van der Waals surface area contributed by atoms with Crippen molar-refractivity contribution in [1.29, 1.82) is 0 Å². The van der Waals surface area contributed by atoms with Crippen molar-refractivity contribution in [3.8, 4) is 10.4 Å². The second kappa shape index (κ2) is 5.85. The van der Waals surface area contributed by atoms with Crippen LogP contribution in [0.3, 0.4) is 0 Å². The molecular formula is C15H16ClNO2S. The maximum absolute atomic E-state index is 11.9. The van der Waals surface area contributed by atoms with Gasteiger partial charge >= 0.3 is 5.97 Å². The van der Waals surface area contributed by atoms with Crippen LogP contribution >= 0.6 is 22.9 Å². The van der Waals surface area contributed by atoms with E-state index in [2.05, 4.69) is 0 Å². The van der Waals surface area contributed by atoms with Gasteiger partial charge < -0.3 is 10.5 Å². The molecule has 2 N–H and O–H groups in total. The number of halogens is 1. The summed E-state index contributed by atoms with van der Waals surface area (Å²) in [5, 5.41) is 0.687. The highest BCUT2D eigenvalue weighted by molar-refractivity contribution is 7.18. The van der Waals surface area contributed by atoms with Crippen LogP contribution in [0.15, 0.2) is 18.2 Å². The lowest BCUT2D eigenvalue weighted by atomic mass is 10.1. The van der Waals surface area contributed by atoms with Crippen molar-refractivity contribution < 1.29 is 9.53 Å². The van der Waals surface area contributed by atoms with E-state index < -0.39 is 0 Å². The summed E-state index contributed by atoms with van der Waals surface area (Å²) in [6.45, 7) is 5.94. The second-order valence-corrected chi connectivity index (χ2v) is 5.85. The van der Waals surface area contributed by atoms with Crippen molar-refractivity contribution in [2.75, 3.05) is 12.3 Å². The van der Waals surface area contributed by atoms with Crippen LogP contribution in [-0.4, -0.2) is 12.6 Å². The molecule has 20 heavy (non-hydrogen) atoms. The predicted octanol–water partition coefficient (Wildman–Crippen LogP) is 4.44. The Morgan fingerprint density at radius 2 is 2.10 bits per heavy atom. The lowest BCUT2D eigenvalue weighted by Crippen LogP contribution is -2.05. The van der Waals surface area contributed by atoms with E-state index in [-0.39, 0.29) is 5.97 Å². The molecule has 1 aromatic heterocycles. The number of carbonyl (C=O) groups excluding carboxylic acids is 1. The van der Waals surface area contributed by atoms with E-state index >= 15 is 0 Å². The largest absolute Gasteiger partial charge is 0.462 e. The molecule has 0 saturated heterocycles. The molecule has 0 amide bonds. The van der Waals surface area contributed by atoms with Crippen LogP contribution in [0.2, 0.25) is 5.02 Å². The van der Waals surface area contributed by atoms with E-state index in [4.69, 9.17) is 22.1 Å². The molecule has 3 nitrogen and oxygen atoms in total. The molecule has 0 atom stereocenters. The van der Waals surface area contributed by atoms with Gasteiger partial charge in [0.05, 0.1) is 17.3 Å². The zero-order valence-electron chi connectivity index (χ0n) is 11.6. The van der Waals surface area contributed by atoms with Crippen LogP contribution < -0.4 is 5.73 Å². The predicted molar refractivity (Wildman–Crippen MR) is 84.6 cm³/mol. The highest BCUT2D eigenvalue weighted by atomic mass is 35.5. The second-order valence-electron chi connectivity index (χ2n) is 4.46. The van der Waals surface area contributed by atoms with E-state index in [9.17, 15) is 4.79 Å². The first-order valence-electron chi connectivity index (χ1n) is 6.28. The van der Waals surface area contributed by atoms with E-state index in [0.717, 1.165) is 21.6 Å². The fourth-order valence-corrected chi connectivity index (χ4v) is 3.38. The molecule has 0 aliphatic carbocycles. The Bertz CT molecular complexity index is 664. The van der Waals surface area contributed by atoms with E-state index in [1.54, 1.807) is 6.92 Å². The van der Waals surface area contributed by atoms with Gasteiger partial charge in [-0.1, -0.05) is 29.8 Å². The molecular weight excluding hydrogens is 294 g/mol. The van der Waals surface area contributed by atoms with E-state index in [0.29, 0.717) is 22.2 Å². The SMILES string of the molecule is CCOC(=O)c1sc(-c2cccc(C)c2Cl)c(C)c1N. The third kappa shape index (κ3) is 2.53. The zero-order valence-corrected chi connectivity index (χ0v) is 13.2. The molecule has 0 spiro atoms. The minimum atomic E-state index is -0.381. The van der Waals surface area contributed by atoms with Crippen molar-refractivity contribution >= 4 is 34.6 Å². The molecule has 0 aliphatic rings. The van der Waals surface area contributed by atoms with Crippen LogP contribution in [0.4, 0.5) is 5.69 Å². The van der Waals surface area contributed by atoms with Gasteiger partial charge in [0, 0.05) is 10.4 Å². The summed E-state index contributed by atoms with van der Waals surface area (Å²) in [7, 11) is 0. The fourth-order valence-electron chi connectivity index (χ4n) is 1.95. The first-order valence-corrected chi connectivity index (χ1v) is 7.48. The fraction of sp³-hybridized carbons (Fsp3) is 0.267. The van der Waals surface area contributed by atoms with Crippen molar-refractivity contribution in [3.05, 3.63) is 39.2 Å². The summed E-state index contributed by atoms with van der Waals surface area (Å²) in [5.74, 6) is -0.381. The molecule has 0 radical (unpaired) electrons. The van der Waals surface area contributed by atoms with Gasteiger partial charge in [0.15, 0.2) is 0 Å². The first-order chi connectivity index (χ1) is 9.47.